The van der Waals surface area contributed by atoms with E-state index in [0.29, 0.717) is 36.0 Å². The Bertz CT molecular complexity index is 1090. The van der Waals surface area contributed by atoms with E-state index in [4.69, 9.17) is 23.2 Å². The van der Waals surface area contributed by atoms with E-state index in [-0.39, 0.29) is 17.2 Å². The maximum Gasteiger partial charge on any atom is 0.249 e. The van der Waals surface area contributed by atoms with Gasteiger partial charge in [0.25, 0.3) is 0 Å². The van der Waals surface area contributed by atoms with Gasteiger partial charge in [-0.2, -0.15) is 0 Å². The van der Waals surface area contributed by atoms with E-state index in [1.807, 2.05) is 47.4 Å². The van der Waals surface area contributed by atoms with Gasteiger partial charge in [-0.15, -0.1) is 0 Å². The van der Waals surface area contributed by atoms with Crippen molar-refractivity contribution in [2.75, 3.05) is 31.5 Å². The van der Waals surface area contributed by atoms with Crippen LogP contribution in [0.2, 0.25) is 10.0 Å². The van der Waals surface area contributed by atoms with Gasteiger partial charge < -0.3 is 10.2 Å². The van der Waals surface area contributed by atoms with Crippen LogP contribution in [0, 0.1) is 5.41 Å². The first kappa shape index (κ1) is 26.0. The highest BCUT2D eigenvalue weighted by atomic mass is 35.5. The fraction of sp³-hybridized carbons (Fsp3) is 0.500. The van der Waals surface area contributed by atoms with E-state index < -0.39 is 5.54 Å². The number of likely N-dealkylation sites (tertiary alicyclic amines) is 1. The Morgan fingerprint density at radius 1 is 1.06 bits per heavy atom. The van der Waals surface area contributed by atoms with Crippen LogP contribution in [0.1, 0.15) is 57.6 Å². The number of anilines is 1. The molecule has 2 aromatic carbocycles. The number of nitrogens with zero attached hydrogens (tertiary/aromatic N) is 2. The summed E-state index contributed by atoms with van der Waals surface area (Å²) in [5.41, 5.74) is 1.52. The molecule has 2 aliphatic rings. The lowest BCUT2D eigenvalue weighted by Crippen LogP contribution is -2.55. The van der Waals surface area contributed by atoms with Crippen molar-refractivity contribution >= 4 is 40.7 Å². The molecule has 0 aliphatic carbocycles. The molecule has 0 spiro atoms. The smallest absolute Gasteiger partial charge is 0.249 e. The number of fused-ring (bicyclic) bond motifs is 1. The summed E-state index contributed by atoms with van der Waals surface area (Å²) < 4.78 is 0. The zero-order valence-electron chi connectivity index (χ0n) is 20.9. The van der Waals surface area contributed by atoms with Gasteiger partial charge in [-0.05, 0) is 54.5 Å². The molecule has 2 aromatic rings. The van der Waals surface area contributed by atoms with Gasteiger partial charge in [0.1, 0.15) is 5.54 Å². The highest BCUT2D eigenvalue weighted by molar-refractivity contribution is 6.31. The van der Waals surface area contributed by atoms with Gasteiger partial charge >= 0.3 is 0 Å². The van der Waals surface area contributed by atoms with E-state index in [2.05, 4.69) is 31.0 Å². The second-order valence-electron chi connectivity index (χ2n) is 11.0. The maximum atomic E-state index is 13.9. The molecule has 2 heterocycles. The van der Waals surface area contributed by atoms with Crippen molar-refractivity contribution in [3.05, 3.63) is 63.6 Å². The molecule has 0 bridgehead atoms. The number of hydrogen-bond acceptors (Lipinski definition) is 3. The first-order chi connectivity index (χ1) is 16.6. The lowest BCUT2D eigenvalue weighted by molar-refractivity contribution is -0.135. The van der Waals surface area contributed by atoms with Crippen LogP contribution >= 0.6 is 23.2 Å². The molecule has 0 aromatic heterocycles. The van der Waals surface area contributed by atoms with Crippen LogP contribution < -0.4 is 5.32 Å². The molecule has 0 saturated carbocycles. The summed E-state index contributed by atoms with van der Waals surface area (Å²) >= 11 is 12.6. The van der Waals surface area contributed by atoms with Crippen molar-refractivity contribution in [3.8, 4) is 0 Å². The lowest BCUT2D eigenvalue weighted by Gasteiger charge is -2.43. The quantitative estimate of drug-likeness (QED) is 0.482. The van der Waals surface area contributed by atoms with Crippen molar-refractivity contribution < 1.29 is 9.59 Å². The van der Waals surface area contributed by atoms with Gasteiger partial charge in [-0.3, -0.25) is 14.5 Å². The summed E-state index contributed by atoms with van der Waals surface area (Å²) in [6.07, 6.45) is 4.13. The summed E-state index contributed by atoms with van der Waals surface area (Å²) in [6, 6.07) is 13.3. The van der Waals surface area contributed by atoms with Gasteiger partial charge in [0, 0.05) is 60.3 Å². The third-order valence-corrected chi connectivity index (χ3v) is 7.38. The van der Waals surface area contributed by atoms with E-state index in [1.165, 1.54) is 6.42 Å². The Morgan fingerprint density at radius 3 is 2.46 bits per heavy atom. The van der Waals surface area contributed by atoms with E-state index >= 15 is 0 Å². The van der Waals surface area contributed by atoms with Crippen LogP contribution in [-0.4, -0.2) is 47.8 Å². The maximum absolute atomic E-state index is 13.9. The number of benzene rings is 2. The molecule has 2 aliphatic heterocycles. The molecule has 5 nitrogen and oxygen atoms in total. The van der Waals surface area contributed by atoms with Crippen molar-refractivity contribution in [1.82, 2.24) is 9.80 Å². The van der Waals surface area contributed by atoms with Gasteiger partial charge in [0.05, 0.1) is 0 Å². The van der Waals surface area contributed by atoms with Crippen LogP contribution in [0.5, 0.6) is 0 Å². The van der Waals surface area contributed by atoms with Gasteiger partial charge in [-0.25, -0.2) is 0 Å². The highest BCUT2D eigenvalue weighted by Crippen LogP contribution is 2.45. The standard InChI is InChI=1S/C28H35Cl2N3O2/c1-27(2,3)19-33(15-12-25(34)32-13-5-4-6-14-32)28(18-20-8-7-9-21(29)16-20)23-11-10-22(30)17-24(23)31-26(28)35/h7-11,16-17H,4-6,12-15,18-19H2,1-3H3,(H,31,35). The summed E-state index contributed by atoms with van der Waals surface area (Å²) in [5, 5.41) is 4.30. The molecule has 4 rings (SSSR count). The number of carbonyl (C=O) groups is 2. The first-order valence-corrected chi connectivity index (χ1v) is 13.2. The van der Waals surface area contributed by atoms with Crippen LogP contribution in [0.3, 0.4) is 0 Å². The largest absolute Gasteiger partial charge is 0.343 e. The lowest BCUT2D eigenvalue weighted by atomic mass is 9.81. The second-order valence-corrected chi connectivity index (χ2v) is 11.9. The number of rotatable bonds is 7. The Kier molecular flexibility index (Phi) is 7.80. The molecule has 1 unspecified atom stereocenters. The minimum absolute atomic E-state index is 0.0923. The van der Waals surface area contributed by atoms with Crippen molar-refractivity contribution in [1.29, 1.82) is 0 Å². The van der Waals surface area contributed by atoms with Crippen LogP contribution in [0.15, 0.2) is 42.5 Å². The molecule has 1 saturated heterocycles. The molecule has 0 radical (unpaired) electrons. The number of carbonyl (C=O) groups excluding carboxylic acids is 2. The number of amides is 2. The molecule has 35 heavy (non-hydrogen) atoms. The molecule has 7 heteroatoms. The summed E-state index contributed by atoms with van der Waals surface area (Å²) in [6.45, 7) is 9.28. The SMILES string of the molecule is CC(C)(C)CN(CCC(=O)N1CCCCC1)C1(Cc2cccc(Cl)c2)C(=O)Nc2cc(Cl)ccc21. The summed E-state index contributed by atoms with van der Waals surface area (Å²) in [7, 11) is 0. The number of piperidine rings is 1. The van der Waals surface area contributed by atoms with Crippen molar-refractivity contribution in [2.24, 2.45) is 5.41 Å². The predicted octanol–water partition coefficient (Wildman–Crippen LogP) is 6.13. The molecule has 2 amide bonds. The number of halogens is 2. The zero-order valence-corrected chi connectivity index (χ0v) is 22.4. The van der Waals surface area contributed by atoms with Crippen LogP contribution in [0.4, 0.5) is 5.69 Å². The van der Waals surface area contributed by atoms with Gasteiger partial charge in [0.2, 0.25) is 11.8 Å². The topological polar surface area (TPSA) is 52.7 Å². The second kappa shape index (κ2) is 10.5. The highest BCUT2D eigenvalue weighted by Gasteiger charge is 2.52. The van der Waals surface area contributed by atoms with E-state index in [1.54, 1.807) is 0 Å². The van der Waals surface area contributed by atoms with Gasteiger partial charge in [-0.1, -0.05) is 62.2 Å². The Hall–Kier alpha value is -2.08. The Labute approximate surface area is 218 Å². The van der Waals surface area contributed by atoms with Crippen LogP contribution in [0.25, 0.3) is 0 Å². The molecule has 1 N–H and O–H groups in total. The third-order valence-electron chi connectivity index (χ3n) is 6.91. The fourth-order valence-electron chi connectivity index (χ4n) is 5.38. The zero-order chi connectivity index (χ0) is 25.2. The van der Waals surface area contributed by atoms with Crippen LogP contribution in [-0.2, 0) is 21.5 Å². The number of hydrogen-bond donors (Lipinski definition) is 1. The summed E-state index contributed by atoms with van der Waals surface area (Å²) in [4.78, 5) is 31.2. The number of nitrogens with one attached hydrogen (secondary N) is 1. The monoisotopic (exact) mass is 515 g/mol. The predicted molar refractivity (Wildman–Crippen MR) is 143 cm³/mol. The summed E-state index contributed by atoms with van der Waals surface area (Å²) in [5.74, 6) is 0.0701. The molecule has 188 valence electrons. The van der Waals surface area contributed by atoms with E-state index in [9.17, 15) is 9.59 Å². The minimum atomic E-state index is -0.972. The molecular weight excluding hydrogens is 481 g/mol. The molecule has 1 atom stereocenters. The molecular formula is C28H35Cl2N3O2. The first-order valence-electron chi connectivity index (χ1n) is 12.5. The van der Waals surface area contributed by atoms with Gasteiger partial charge in [0.15, 0.2) is 0 Å². The molecule has 1 fully saturated rings. The Morgan fingerprint density at radius 2 is 1.77 bits per heavy atom. The fourth-order valence-corrected chi connectivity index (χ4v) is 5.77. The average molecular weight is 517 g/mol. The average Bonchev–Trinajstić information content (AvgIpc) is 3.07. The van der Waals surface area contributed by atoms with E-state index in [0.717, 1.165) is 42.7 Å². The Balaban J connectivity index is 1.74. The normalized spacial score (nSPS) is 20.2. The van der Waals surface area contributed by atoms with Crippen molar-refractivity contribution in [2.45, 2.75) is 58.4 Å². The third kappa shape index (κ3) is 5.84. The van der Waals surface area contributed by atoms with Crippen molar-refractivity contribution in [3.63, 3.8) is 0 Å². The minimum Gasteiger partial charge on any atom is -0.343 e.